The molecule has 0 saturated carbocycles. The molecule has 0 aliphatic rings. The van der Waals surface area contributed by atoms with E-state index in [1.807, 2.05) is 18.2 Å². The predicted molar refractivity (Wildman–Crippen MR) is 68.1 cm³/mol. The number of nitrogens with zero attached hydrogens (tertiary/aromatic N) is 2. The van der Waals surface area contributed by atoms with Crippen molar-refractivity contribution in [3.63, 3.8) is 0 Å². The Labute approximate surface area is 110 Å². The van der Waals surface area contributed by atoms with Gasteiger partial charge >= 0.3 is 0 Å². The minimum Gasteiger partial charge on any atom is -0.480 e. The normalized spacial score (nSPS) is 10.1. The summed E-state index contributed by atoms with van der Waals surface area (Å²) in [6, 6.07) is 10.4. The van der Waals surface area contributed by atoms with Gasteiger partial charge in [-0.25, -0.2) is 0 Å². The van der Waals surface area contributed by atoms with Crippen molar-refractivity contribution in [3.8, 4) is 5.88 Å². The fraction of sp³-hybridized carbons (Fsp3) is 0.154. The van der Waals surface area contributed by atoms with Crippen LogP contribution in [0.1, 0.15) is 16.1 Å². The van der Waals surface area contributed by atoms with Crippen LogP contribution < -0.4 is 4.74 Å². The Kier molecular flexibility index (Phi) is 3.89. The Morgan fingerprint density at radius 2 is 2.00 bits per heavy atom. The third-order valence-electron chi connectivity index (χ3n) is 2.44. The second kappa shape index (κ2) is 5.60. The summed E-state index contributed by atoms with van der Waals surface area (Å²) in [7, 11) is 1.50. The van der Waals surface area contributed by atoms with Gasteiger partial charge in [0.1, 0.15) is 5.69 Å². The van der Waals surface area contributed by atoms with Crippen LogP contribution in [0.2, 0.25) is 5.02 Å². The second-order valence-electron chi connectivity index (χ2n) is 3.65. The number of Topliss-reactive ketones (excluding diaryl/α,β-unsaturated/α-hetero) is 1. The van der Waals surface area contributed by atoms with Gasteiger partial charge in [-0.1, -0.05) is 29.8 Å². The van der Waals surface area contributed by atoms with Crippen LogP contribution in [0.5, 0.6) is 5.88 Å². The zero-order chi connectivity index (χ0) is 13.0. The number of carbonyl (C=O) groups is 1. The van der Waals surface area contributed by atoms with E-state index in [9.17, 15) is 4.79 Å². The van der Waals surface area contributed by atoms with Crippen molar-refractivity contribution in [3.05, 3.63) is 52.7 Å². The highest BCUT2D eigenvalue weighted by atomic mass is 35.5. The summed E-state index contributed by atoms with van der Waals surface area (Å²) in [5.74, 6) is 0.252. The van der Waals surface area contributed by atoms with Crippen LogP contribution in [-0.2, 0) is 6.42 Å². The molecule has 0 amide bonds. The van der Waals surface area contributed by atoms with Crippen LogP contribution in [0.4, 0.5) is 0 Å². The molecule has 0 radical (unpaired) electrons. The molecule has 5 heteroatoms. The number of carbonyl (C=O) groups excluding carboxylic acids is 1. The molecule has 0 fully saturated rings. The third kappa shape index (κ3) is 2.84. The van der Waals surface area contributed by atoms with Gasteiger partial charge in [0, 0.05) is 17.5 Å². The van der Waals surface area contributed by atoms with Crippen molar-refractivity contribution in [1.29, 1.82) is 0 Å². The van der Waals surface area contributed by atoms with Crippen LogP contribution in [-0.4, -0.2) is 23.1 Å². The number of rotatable bonds is 4. The Bertz CT molecular complexity index is 555. The van der Waals surface area contributed by atoms with Gasteiger partial charge in [0.15, 0.2) is 5.78 Å². The zero-order valence-electron chi connectivity index (χ0n) is 9.76. The topological polar surface area (TPSA) is 52.1 Å². The molecule has 0 aliphatic heterocycles. The first-order valence-electron chi connectivity index (χ1n) is 5.35. The van der Waals surface area contributed by atoms with E-state index in [1.54, 1.807) is 18.2 Å². The Hall–Kier alpha value is -1.94. The number of ketones is 1. The number of aromatic nitrogens is 2. The summed E-state index contributed by atoms with van der Waals surface area (Å²) < 4.78 is 4.88. The van der Waals surface area contributed by atoms with Crippen molar-refractivity contribution in [1.82, 2.24) is 10.2 Å². The lowest BCUT2D eigenvalue weighted by atomic mass is 10.1. The van der Waals surface area contributed by atoms with Gasteiger partial charge in [0.2, 0.25) is 5.88 Å². The lowest BCUT2D eigenvalue weighted by Crippen LogP contribution is -2.07. The quantitative estimate of drug-likeness (QED) is 0.795. The Morgan fingerprint density at radius 1 is 1.22 bits per heavy atom. The van der Waals surface area contributed by atoms with E-state index in [0.717, 1.165) is 5.56 Å². The third-order valence-corrected chi connectivity index (χ3v) is 2.81. The minimum absolute atomic E-state index is 0.127. The highest BCUT2D eigenvalue weighted by Gasteiger charge is 2.11. The molecule has 0 aliphatic carbocycles. The van der Waals surface area contributed by atoms with E-state index in [4.69, 9.17) is 16.3 Å². The maximum atomic E-state index is 12.0. The smallest absolute Gasteiger partial charge is 0.233 e. The van der Waals surface area contributed by atoms with Crippen LogP contribution in [0.25, 0.3) is 0 Å². The molecule has 2 aromatic rings. The largest absolute Gasteiger partial charge is 0.480 e. The lowest BCUT2D eigenvalue weighted by Gasteiger charge is -2.03. The summed E-state index contributed by atoms with van der Waals surface area (Å²) in [6.07, 6.45) is 0.209. The number of hydrogen-bond acceptors (Lipinski definition) is 4. The average molecular weight is 263 g/mol. The summed E-state index contributed by atoms with van der Waals surface area (Å²) in [5.41, 5.74) is 1.08. The predicted octanol–water partition coefficient (Wildman–Crippen LogP) is 2.56. The first kappa shape index (κ1) is 12.5. The minimum atomic E-state index is -0.127. The molecular formula is C13H11ClN2O2. The fourth-order valence-electron chi connectivity index (χ4n) is 1.48. The molecule has 18 heavy (non-hydrogen) atoms. The molecule has 1 heterocycles. The Morgan fingerprint density at radius 3 is 2.61 bits per heavy atom. The van der Waals surface area contributed by atoms with Crippen LogP contribution in [0.3, 0.4) is 0 Å². The van der Waals surface area contributed by atoms with E-state index in [2.05, 4.69) is 10.2 Å². The number of benzene rings is 1. The highest BCUT2D eigenvalue weighted by Crippen LogP contribution is 2.17. The van der Waals surface area contributed by atoms with Crippen LogP contribution in [0.15, 0.2) is 36.4 Å². The molecule has 1 aromatic heterocycles. The first-order valence-corrected chi connectivity index (χ1v) is 5.73. The van der Waals surface area contributed by atoms with Gasteiger partial charge in [0.05, 0.1) is 7.11 Å². The lowest BCUT2D eigenvalue weighted by molar-refractivity contribution is 0.0987. The van der Waals surface area contributed by atoms with Crippen LogP contribution >= 0.6 is 11.6 Å². The molecule has 0 atom stereocenters. The van der Waals surface area contributed by atoms with E-state index >= 15 is 0 Å². The van der Waals surface area contributed by atoms with Gasteiger partial charge in [-0.05, 0) is 17.7 Å². The monoisotopic (exact) mass is 262 g/mol. The van der Waals surface area contributed by atoms with Crippen molar-refractivity contribution in [2.45, 2.75) is 6.42 Å². The number of halogens is 1. The molecule has 1 aromatic carbocycles. The van der Waals surface area contributed by atoms with E-state index in [0.29, 0.717) is 16.6 Å². The summed E-state index contributed by atoms with van der Waals surface area (Å²) >= 11 is 6.00. The van der Waals surface area contributed by atoms with Gasteiger partial charge in [-0.2, -0.15) is 0 Å². The van der Waals surface area contributed by atoms with E-state index < -0.39 is 0 Å². The number of methoxy groups -OCH3 is 1. The molecule has 0 saturated heterocycles. The standard InChI is InChI=1S/C13H11ClN2O2/c1-18-13-7-6-11(15-16-13)12(17)8-9-4-2-3-5-10(9)14/h2-7H,8H2,1H3. The van der Waals surface area contributed by atoms with Crippen LogP contribution in [0, 0.1) is 0 Å². The summed E-state index contributed by atoms with van der Waals surface area (Å²) in [5, 5.41) is 8.14. The van der Waals surface area contributed by atoms with E-state index in [-0.39, 0.29) is 12.2 Å². The fourth-order valence-corrected chi connectivity index (χ4v) is 1.69. The number of hydrogen-bond donors (Lipinski definition) is 0. The molecule has 0 unspecified atom stereocenters. The Balaban J connectivity index is 2.14. The molecule has 4 nitrogen and oxygen atoms in total. The molecule has 0 spiro atoms. The second-order valence-corrected chi connectivity index (χ2v) is 4.06. The van der Waals surface area contributed by atoms with Gasteiger partial charge in [-0.3, -0.25) is 4.79 Å². The molecular weight excluding hydrogens is 252 g/mol. The molecule has 92 valence electrons. The highest BCUT2D eigenvalue weighted by molar-refractivity contribution is 6.31. The van der Waals surface area contributed by atoms with Crippen molar-refractivity contribution in [2.75, 3.05) is 7.11 Å². The molecule has 0 N–H and O–H groups in total. The van der Waals surface area contributed by atoms with Gasteiger partial charge in [0.25, 0.3) is 0 Å². The van der Waals surface area contributed by atoms with E-state index in [1.165, 1.54) is 7.11 Å². The number of ether oxygens (including phenoxy) is 1. The van der Waals surface area contributed by atoms with Crippen molar-refractivity contribution >= 4 is 17.4 Å². The summed E-state index contributed by atoms with van der Waals surface area (Å²) in [6.45, 7) is 0. The maximum absolute atomic E-state index is 12.0. The van der Waals surface area contributed by atoms with Crippen molar-refractivity contribution in [2.24, 2.45) is 0 Å². The first-order chi connectivity index (χ1) is 8.70. The zero-order valence-corrected chi connectivity index (χ0v) is 10.5. The van der Waals surface area contributed by atoms with Crippen molar-refractivity contribution < 1.29 is 9.53 Å². The SMILES string of the molecule is COc1ccc(C(=O)Cc2ccccc2Cl)nn1. The maximum Gasteiger partial charge on any atom is 0.233 e. The molecule has 0 bridgehead atoms. The molecule has 2 rings (SSSR count). The van der Waals surface area contributed by atoms with Gasteiger partial charge in [-0.15, -0.1) is 10.2 Å². The average Bonchev–Trinajstić information content (AvgIpc) is 2.41. The summed E-state index contributed by atoms with van der Waals surface area (Å²) in [4.78, 5) is 12.0. The van der Waals surface area contributed by atoms with Gasteiger partial charge < -0.3 is 4.74 Å².